The molecule has 1 fully saturated rings. The minimum atomic E-state index is -3.37. The van der Waals surface area contributed by atoms with E-state index in [2.05, 4.69) is 10.2 Å². The van der Waals surface area contributed by atoms with E-state index in [0.29, 0.717) is 19.0 Å². The van der Waals surface area contributed by atoms with Crippen molar-refractivity contribution in [1.82, 2.24) is 14.5 Å². The van der Waals surface area contributed by atoms with Crippen LogP contribution in [0.2, 0.25) is 0 Å². The second kappa shape index (κ2) is 8.01. The number of nitrogens with zero attached hydrogens (tertiary/aromatic N) is 4. The molecule has 2 aromatic rings. The number of aromatic nitrogens is 2. The standard InChI is InChI=1S/C18H24N4O3S/c1-21(2)17-10-11-18(20-19-17)25-16-9-6-12-22(13-16)26(23,24)14-15-7-4-3-5-8-15/h3-5,7-8,10-11,16H,6,9,12-14H2,1-2H3. The van der Waals surface area contributed by atoms with Gasteiger partial charge in [-0.05, 0) is 24.5 Å². The molecule has 1 aromatic carbocycles. The molecule has 0 saturated carbocycles. The van der Waals surface area contributed by atoms with Crippen molar-refractivity contribution in [3.05, 3.63) is 48.0 Å². The Bertz CT molecular complexity index is 810. The van der Waals surface area contributed by atoms with Gasteiger partial charge in [0.2, 0.25) is 15.9 Å². The zero-order chi connectivity index (χ0) is 18.6. The quantitative estimate of drug-likeness (QED) is 0.767. The van der Waals surface area contributed by atoms with E-state index < -0.39 is 10.0 Å². The van der Waals surface area contributed by atoms with Gasteiger partial charge in [0, 0.05) is 26.7 Å². The Morgan fingerprint density at radius 3 is 2.58 bits per heavy atom. The average Bonchev–Trinajstić information content (AvgIpc) is 2.63. The molecule has 1 saturated heterocycles. The second-order valence-electron chi connectivity index (χ2n) is 6.61. The molecule has 3 rings (SSSR count). The van der Waals surface area contributed by atoms with E-state index in [1.807, 2.05) is 55.4 Å². The number of piperidine rings is 1. The predicted octanol–water partition coefficient (Wildman–Crippen LogP) is 1.92. The number of sulfonamides is 1. The Hall–Kier alpha value is -2.19. The summed E-state index contributed by atoms with van der Waals surface area (Å²) in [5.74, 6) is 1.17. The van der Waals surface area contributed by atoms with Crippen LogP contribution in [0.1, 0.15) is 18.4 Å². The Morgan fingerprint density at radius 2 is 1.92 bits per heavy atom. The van der Waals surface area contributed by atoms with Gasteiger partial charge in [-0.15, -0.1) is 10.2 Å². The number of hydrogen-bond donors (Lipinski definition) is 0. The smallest absolute Gasteiger partial charge is 0.233 e. The van der Waals surface area contributed by atoms with Crippen molar-refractivity contribution in [3.8, 4) is 5.88 Å². The molecule has 1 aliphatic heterocycles. The SMILES string of the molecule is CN(C)c1ccc(OC2CCCN(S(=O)(=O)Cc3ccccc3)C2)nn1. The van der Waals surface area contributed by atoms with Crippen molar-refractivity contribution in [2.45, 2.75) is 24.7 Å². The third-order valence-corrected chi connectivity index (χ3v) is 6.11. The number of rotatable bonds is 6. The Morgan fingerprint density at radius 1 is 1.15 bits per heavy atom. The van der Waals surface area contributed by atoms with E-state index in [-0.39, 0.29) is 11.9 Å². The molecule has 0 radical (unpaired) electrons. The molecule has 1 aromatic heterocycles. The van der Waals surface area contributed by atoms with Crippen LogP contribution in [0.25, 0.3) is 0 Å². The van der Waals surface area contributed by atoms with Gasteiger partial charge in [0.25, 0.3) is 0 Å². The number of ether oxygens (including phenoxy) is 1. The van der Waals surface area contributed by atoms with Crippen molar-refractivity contribution in [3.63, 3.8) is 0 Å². The lowest BCUT2D eigenvalue weighted by atomic mass is 10.1. The van der Waals surface area contributed by atoms with Gasteiger partial charge >= 0.3 is 0 Å². The highest BCUT2D eigenvalue weighted by Gasteiger charge is 2.30. The number of anilines is 1. The monoisotopic (exact) mass is 376 g/mol. The highest BCUT2D eigenvalue weighted by Crippen LogP contribution is 2.21. The van der Waals surface area contributed by atoms with Crippen molar-refractivity contribution in [2.75, 3.05) is 32.1 Å². The van der Waals surface area contributed by atoms with Crippen LogP contribution >= 0.6 is 0 Å². The Labute approximate surface area is 154 Å². The van der Waals surface area contributed by atoms with Gasteiger partial charge in [0.1, 0.15) is 6.10 Å². The van der Waals surface area contributed by atoms with E-state index in [1.165, 1.54) is 4.31 Å². The first-order chi connectivity index (χ1) is 12.4. The molecule has 140 valence electrons. The molecule has 2 heterocycles. The molecular formula is C18H24N4O3S. The summed E-state index contributed by atoms with van der Waals surface area (Å²) in [7, 11) is 0.411. The lowest BCUT2D eigenvalue weighted by molar-refractivity contribution is 0.123. The summed E-state index contributed by atoms with van der Waals surface area (Å²) in [6.45, 7) is 0.868. The van der Waals surface area contributed by atoms with Crippen molar-refractivity contribution < 1.29 is 13.2 Å². The van der Waals surface area contributed by atoms with Crippen molar-refractivity contribution in [1.29, 1.82) is 0 Å². The predicted molar refractivity (Wildman–Crippen MR) is 101 cm³/mol. The highest BCUT2D eigenvalue weighted by atomic mass is 32.2. The lowest BCUT2D eigenvalue weighted by Gasteiger charge is -2.31. The summed E-state index contributed by atoms with van der Waals surface area (Å²) < 4.78 is 32.8. The first kappa shape index (κ1) is 18.6. The normalized spacial score (nSPS) is 18.5. The zero-order valence-corrected chi connectivity index (χ0v) is 15.9. The van der Waals surface area contributed by atoms with Gasteiger partial charge in [-0.2, -0.15) is 4.31 Å². The molecule has 26 heavy (non-hydrogen) atoms. The van der Waals surface area contributed by atoms with Crippen molar-refractivity contribution >= 4 is 15.8 Å². The lowest BCUT2D eigenvalue weighted by Crippen LogP contribution is -2.44. The maximum atomic E-state index is 12.7. The van der Waals surface area contributed by atoms with Crippen LogP contribution in [-0.4, -0.2) is 56.2 Å². The zero-order valence-electron chi connectivity index (χ0n) is 15.1. The molecular weight excluding hydrogens is 352 g/mol. The highest BCUT2D eigenvalue weighted by molar-refractivity contribution is 7.88. The van der Waals surface area contributed by atoms with E-state index >= 15 is 0 Å². The van der Waals surface area contributed by atoms with Gasteiger partial charge < -0.3 is 9.64 Å². The van der Waals surface area contributed by atoms with Crippen LogP contribution in [0.4, 0.5) is 5.82 Å². The number of benzene rings is 1. The maximum absolute atomic E-state index is 12.7. The molecule has 0 aliphatic carbocycles. The maximum Gasteiger partial charge on any atom is 0.233 e. The molecule has 1 aliphatic rings. The van der Waals surface area contributed by atoms with Crippen molar-refractivity contribution in [2.24, 2.45) is 0 Å². The molecule has 0 spiro atoms. The topological polar surface area (TPSA) is 75.6 Å². The van der Waals surface area contributed by atoms with Gasteiger partial charge in [-0.1, -0.05) is 30.3 Å². The molecule has 7 nitrogen and oxygen atoms in total. The molecule has 8 heteroatoms. The first-order valence-corrected chi connectivity index (χ1v) is 10.2. The largest absolute Gasteiger partial charge is 0.472 e. The molecule has 1 unspecified atom stereocenters. The van der Waals surface area contributed by atoms with Gasteiger partial charge in [-0.3, -0.25) is 0 Å². The fourth-order valence-electron chi connectivity index (χ4n) is 2.92. The van der Waals surface area contributed by atoms with E-state index in [4.69, 9.17) is 4.74 Å². The van der Waals surface area contributed by atoms with Gasteiger partial charge in [0.05, 0.1) is 12.3 Å². The third-order valence-electron chi connectivity index (χ3n) is 4.30. The molecule has 1 atom stereocenters. The minimum absolute atomic E-state index is 0.0118. The summed E-state index contributed by atoms with van der Waals surface area (Å²) in [6.07, 6.45) is 1.35. The van der Waals surface area contributed by atoms with E-state index in [0.717, 1.165) is 24.2 Å². The van der Waals surface area contributed by atoms with E-state index in [9.17, 15) is 8.42 Å². The fraction of sp³-hybridized carbons (Fsp3) is 0.444. The summed E-state index contributed by atoms with van der Waals surface area (Å²) in [5.41, 5.74) is 0.792. The van der Waals surface area contributed by atoms with E-state index in [1.54, 1.807) is 6.07 Å². The summed E-state index contributed by atoms with van der Waals surface area (Å²) in [6, 6.07) is 12.8. The molecule has 0 amide bonds. The summed E-state index contributed by atoms with van der Waals surface area (Å²) in [5, 5.41) is 8.15. The summed E-state index contributed by atoms with van der Waals surface area (Å²) in [4.78, 5) is 1.86. The van der Waals surface area contributed by atoms with Crippen LogP contribution in [0, 0.1) is 0 Å². The second-order valence-corrected chi connectivity index (χ2v) is 8.58. The summed E-state index contributed by atoms with van der Waals surface area (Å²) >= 11 is 0. The first-order valence-electron chi connectivity index (χ1n) is 8.63. The Balaban J connectivity index is 1.63. The number of hydrogen-bond acceptors (Lipinski definition) is 6. The van der Waals surface area contributed by atoms with Crippen LogP contribution in [0.5, 0.6) is 5.88 Å². The van der Waals surface area contributed by atoms with Crippen LogP contribution < -0.4 is 9.64 Å². The van der Waals surface area contributed by atoms with Gasteiger partial charge in [0.15, 0.2) is 5.82 Å². The van der Waals surface area contributed by atoms with Crippen LogP contribution in [-0.2, 0) is 15.8 Å². The average molecular weight is 376 g/mol. The van der Waals surface area contributed by atoms with Gasteiger partial charge in [-0.25, -0.2) is 8.42 Å². The Kier molecular flexibility index (Phi) is 5.73. The minimum Gasteiger partial charge on any atom is -0.472 e. The molecule has 0 N–H and O–H groups in total. The fourth-order valence-corrected chi connectivity index (χ4v) is 4.51. The van der Waals surface area contributed by atoms with Crippen LogP contribution in [0.3, 0.4) is 0 Å². The third kappa shape index (κ3) is 4.70. The van der Waals surface area contributed by atoms with Crippen LogP contribution in [0.15, 0.2) is 42.5 Å². The molecule has 0 bridgehead atoms.